The molecule has 0 spiro atoms. The van der Waals surface area contributed by atoms with Gasteiger partial charge in [0.25, 0.3) is 0 Å². The average Bonchev–Trinajstić information content (AvgIpc) is 2.36. The van der Waals surface area contributed by atoms with E-state index in [9.17, 15) is 0 Å². The summed E-state index contributed by atoms with van der Waals surface area (Å²) in [6, 6.07) is 8.41. The van der Waals surface area contributed by atoms with E-state index < -0.39 is 0 Å². The van der Waals surface area contributed by atoms with E-state index in [4.69, 9.17) is 18.0 Å². The molecule has 3 heteroatoms. The maximum atomic E-state index is 5.64. The molecule has 1 heterocycles. The number of nitrogens with two attached hydrogens (primary N) is 1. The summed E-state index contributed by atoms with van der Waals surface area (Å²) in [4.78, 5) is 4.85. The number of hydrogen-bond acceptors (Lipinski definition) is 2. The molecule has 2 rings (SSSR count). The zero-order valence-electron chi connectivity index (χ0n) is 10.9. The van der Waals surface area contributed by atoms with Crippen molar-refractivity contribution in [1.82, 2.24) is 4.98 Å². The Hall–Kier alpha value is -1.48. The van der Waals surface area contributed by atoms with Crippen LogP contribution in [0.4, 0.5) is 0 Å². The van der Waals surface area contributed by atoms with Crippen molar-refractivity contribution in [3.63, 3.8) is 0 Å². The Labute approximate surface area is 113 Å². The summed E-state index contributed by atoms with van der Waals surface area (Å²) in [6.07, 6.45) is 3.57. The number of thiocarbonyl (C=S) groups is 1. The number of hydrogen-bond donors (Lipinski definition) is 1. The van der Waals surface area contributed by atoms with Crippen molar-refractivity contribution in [1.29, 1.82) is 0 Å². The maximum Gasteiger partial charge on any atom is 0.122 e. The lowest BCUT2D eigenvalue weighted by Gasteiger charge is -2.07. The zero-order valence-corrected chi connectivity index (χ0v) is 11.7. The van der Waals surface area contributed by atoms with Crippen LogP contribution >= 0.6 is 12.2 Å². The molecule has 1 aromatic heterocycles. The second-order valence-corrected chi connectivity index (χ2v) is 5.08. The van der Waals surface area contributed by atoms with Crippen LogP contribution in [0.5, 0.6) is 0 Å². The molecule has 0 radical (unpaired) electrons. The predicted octanol–water partition coefficient (Wildman–Crippen LogP) is 3.52. The van der Waals surface area contributed by atoms with Gasteiger partial charge < -0.3 is 5.73 Å². The van der Waals surface area contributed by atoms with Crippen molar-refractivity contribution < 1.29 is 0 Å². The monoisotopic (exact) mass is 258 g/mol. The average molecular weight is 258 g/mol. The molecule has 0 unspecified atom stereocenters. The van der Waals surface area contributed by atoms with E-state index in [1.165, 1.54) is 29.4 Å². The molecule has 2 nitrogen and oxygen atoms in total. The number of benzene rings is 1. The summed E-state index contributed by atoms with van der Waals surface area (Å²) in [5.74, 6) is 0. The SMILES string of the molecule is CCCCc1ccc2nc(C(N)=S)cc(C)c2c1. The van der Waals surface area contributed by atoms with Crippen molar-refractivity contribution in [3.05, 3.63) is 41.1 Å². The fourth-order valence-corrected chi connectivity index (χ4v) is 2.21. The van der Waals surface area contributed by atoms with Gasteiger partial charge in [0, 0.05) is 5.39 Å². The topological polar surface area (TPSA) is 38.9 Å². The van der Waals surface area contributed by atoms with E-state index in [2.05, 4.69) is 37.0 Å². The standard InChI is InChI=1S/C15H18N2S/c1-3-4-5-11-6-7-13-12(9-11)10(2)8-14(17-13)15(16)18/h6-9H,3-5H2,1-2H3,(H2,16,18). The first-order valence-electron chi connectivity index (χ1n) is 6.32. The van der Waals surface area contributed by atoms with Crippen LogP contribution in [0.1, 0.15) is 36.6 Å². The fourth-order valence-electron chi connectivity index (χ4n) is 2.10. The minimum absolute atomic E-state index is 0.357. The highest BCUT2D eigenvalue weighted by Gasteiger charge is 2.05. The lowest BCUT2D eigenvalue weighted by molar-refractivity contribution is 0.796. The molecule has 0 aliphatic rings. The number of pyridine rings is 1. The Morgan fingerprint density at radius 3 is 2.78 bits per heavy atom. The molecule has 0 aliphatic heterocycles. The summed E-state index contributed by atoms with van der Waals surface area (Å²) in [6.45, 7) is 4.29. The van der Waals surface area contributed by atoms with Crippen LogP contribution < -0.4 is 5.73 Å². The van der Waals surface area contributed by atoms with Gasteiger partial charge in [-0.25, -0.2) is 4.98 Å². The minimum atomic E-state index is 0.357. The number of aryl methyl sites for hydroxylation is 2. The molecule has 1 aromatic carbocycles. The molecule has 94 valence electrons. The number of unbranched alkanes of at least 4 members (excludes halogenated alkanes) is 1. The molecule has 0 atom stereocenters. The highest BCUT2D eigenvalue weighted by Crippen LogP contribution is 2.20. The minimum Gasteiger partial charge on any atom is -0.388 e. The van der Waals surface area contributed by atoms with Gasteiger partial charge in [0.1, 0.15) is 4.99 Å². The normalized spacial score (nSPS) is 10.8. The molecule has 2 N–H and O–H groups in total. The highest BCUT2D eigenvalue weighted by atomic mass is 32.1. The molecule has 0 saturated carbocycles. The first kappa shape index (κ1) is 13.0. The molecular weight excluding hydrogens is 240 g/mol. The van der Waals surface area contributed by atoms with Gasteiger partial charge >= 0.3 is 0 Å². The Morgan fingerprint density at radius 1 is 1.33 bits per heavy atom. The predicted molar refractivity (Wildman–Crippen MR) is 81.0 cm³/mol. The maximum absolute atomic E-state index is 5.64. The van der Waals surface area contributed by atoms with Crippen LogP contribution in [0.3, 0.4) is 0 Å². The third-order valence-corrected chi connectivity index (χ3v) is 3.36. The second-order valence-electron chi connectivity index (χ2n) is 4.64. The second kappa shape index (κ2) is 5.44. The largest absolute Gasteiger partial charge is 0.388 e. The van der Waals surface area contributed by atoms with E-state index >= 15 is 0 Å². The molecule has 0 amide bonds. The van der Waals surface area contributed by atoms with Crippen molar-refractivity contribution in [2.45, 2.75) is 33.1 Å². The van der Waals surface area contributed by atoms with Crippen molar-refractivity contribution in [2.75, 3.05) is 0 Å². The summed E-state index contributed by atoms with van der Waals surface area (Å²) < 4.78 is 0. The molecule has 18 heavy (non-hydrogen) atoms. The van der Waals surface area contributed by atoms with Crippen LogP contribution in [-0.4, -0.2) is 9.97 Å². The van der Waals surface area contributed by atoms with Gasteiger partial charge in [-0.15, -0.1) is 0 Å². The van der Waals surface area contributed by atoms with Crippen LogP contribution in [0.25, 0.3) is 10.9 Å². The van der Waals surface area contributed by atoms with Gasteiger partial charge in [0.15, 0.2) is 0 Å². The third-order valence-electron chi connectivity index (χ3n) is 3.15. The van der Waals surface area contributed by atoms with Crippen LogP contribution in [0.15, 0.2) is 24.3 Å². The van der Waals surface area contributed by atoms with Crippen LogP contribution in [-0.2, 0) is 6.42 Å². The third kappa shape index (κ3) is 2.67. The molecular formula is C15H18N2S. The van der Waals surface area contributed by atoms with Gasteiger partial charge in [-0.2, -0.15) is 0 Å². The van der Waals surface area contributed by atoms with Crippen molar-refractivity contribution in [3.8, 4) is 0 Å². The molecule has 2 aromatic rings. The fraction of sp³-hybridized carbons (Fsp3) is 0.333. The Kier molecular flexibility index (Phi) is 3.92. The number of aromatic nitrogens is 1. The molecule has 0 aliphatic carbocycles. The van der Waals surface area contributed by atoms with Gasteiger partial charge in [0.05, 0.1) is 11.2 Å². The van der Waals surface area contributed by atoms with E-state index in [0.717, 1.165) is 11.9 Å². The van der Waals surface area contributed by atoms with Gasteiger partial charge in [0.2, 0.25) is 0 Å². The Morgan fingerprint density at radius 2 is 2.11 bits per heavy atom. The zero-order chi connectivity index (χ0) is 13.1. The van der Waals surface area contributed by atoms with E-state index in [1.54, 1.807) is 0 Å². The van der Waals surface area contributed by atoms with E-state index in [-0.39, 0.29) is 0 Å². The highest BCUT2D eigenvalue weighted by molar-refractivity contribution is 7.80. The summed E-state index contributed by atoms with van der Waals surface area (Å²) in [5, 5.41) is 1.20. The summed E-state index contributed by atoms with van der Waals surface area (Å²) in [7, 11) is 0. The van der Waals surface area contributed by atoms with Crippen LogP contribution in [0.2, 0.25) is 0 Å². The van der Waals surface area contributed by atoms with E-state index in [0.29, 0.717) is 10.7 Å². The molecule has 0 bridgehead atoms. The smallest absolute Gasteiger partial charge is 0.122 e. The summed E-state index contributed by atoms with van der Waals surface area (Å²) >= 11 is 4.98. The Balaban J connectivity index is 2.47. The van der Waals surface area contributed by atoms with Gasteiger partial charge in [-0.3, -0.25) is 0 Å². The lowest BCUT2D eigenvalue weighted by Crippen LogP contribution is -2.11. The number of rotatable bonds is 4. The van der Waals surface area contributed by atoms with E-state index in [1.807, 2.05) is 6.07 Å². The van der Waals surface area contributed by atoms with Gasteiger partial charge in [-0.05, 0) is 49.1 Å². The number of fused-ring (bicyclic) bond motifs is 1. The Bertz CT molecular complexity index is 590. The number of nitrogens with zero attached hydrogens (tertiary/aromatic N) is 1. The molecule has 0 saturated heterocycles. The van der Waals surface area contributed by atoms with Crippen molar-refractivity contribution >= 4 is 28.1 Å². The quantitative estimate of drug-likeness (QED) is 0.853. The summed E-state index contributed by atoms with van der Waals surface area (Å²) in [5.41, 5.74) is 9.87. The van der Waals surface area contributed by atoms with Crippen LogP contribution in [0, 0.1) is 6.92 Å². The first-order valence-corrected chi connectivity index (χ1v) is 6.72. The van der Waals surface area contributed by atoms with Crippen molar-refractivity contribution in [2.24, 2.45) is 5.73 Å². The first-order chi connectivity index (χ1) is 8.61. The lowest BCUT2D eigenvalue weighted by atomic mass is 10.0. The molecule has 0 fully saturated rings. The van der Waals surface area contributed by atoms with Gasteiger partial charge in [-0.1, -0.05) is 31.6 Å².